The van der Waals surface area contributed by atoms with Gasteiger partial charge in [0, 0.05) is 68.3 Å². The third kappa shape index (κ3) is 19.9. The monoisotopic (exact) mass is 1030 g/mol. The number of aliphatic hydroxyl groups excluding tert-OH is 1. The van der Waals surface area contributed by atoms with Gasteiger partial charge in [-0.1, -0.05) is 42.4 Å². The van der Waals surface area contributed by atoms with Crippen LogP contribution in [0.1, 0.15) is 77.7 Å². The van der Waals surface area contributed by atoms with Crippen molar-refractivity contribution in [2.45, 2.75) is 109 Å². The van der Waals surface area contributed by atoms with E-state index in [9.17, 15) is 66.9 Å². The van der Waals surface area contributed by atoms with E-state index in [4.69, 9.17) is 22.9 Å². The van der Waals surface area contributed by atoms with E-state index < -0.39 is 182 Å². The zero-order chi connectivity index (χ0) is 52.5. The van der Waals surface area contributed by atoms with Gasteiger partial charge in [-0.15, -0.1) is 0 Å². The van der Waals surface area contributed by atoms with Gasteiger partial charge in [-0.05, 0) is 42.4 Å². The highest BCUT2D eigenvalue weighted by Gasteiger charge is 2.41. The lowest BCUT2D eigenvalue weighted by atomic mass is 9.83. The number of guanidine groups is 1. The van der Waals surface area contributed by atoms with E-state index in [1.54, 1.807) is 0 Å². The Morgan fingerprint density at radius 1 is 0.871 bits per heavy atom. The molecule has 0 aliphatic carbocycles. The summed E-state index contributed by atoms with van der Waals surface area (Å²) in [5, 5.41) is 30.2. The van der Waals surface area contributed by atoms with Crippen molar-refractivity contribution in [3.63, 3.8) is 0 Å². The van der Waals surface area contributed by atoms with Crippen molar-refractivity contribution in [3.05, 3.63) is 35.4 Å². The SMILES string of the molecule is CC(C)(C)[C@H](CCCN=C(N)N)NC(=O)[C@H]1CSSC[C@@H](N)C(=O)C[C@H](CC(=O)O)C(=O)NCC(=O)C[C@H](Cc2cc(F)cc(F)c2)C(=O)NCC(=O)N2CC(O)CC2C(=O)N[C@@H](CC(N)=O)C(=O)C1. The molecule has 70 heavy (non-hydrogen) atoms. The molecule has 6 amide bonds. The number of aliphatic imine (C=N–C) groups is 1. The number of amides is 6. The number of halogens is 2. The molecule has 2 unspecified atom stereocenters. The zero-order valence-electron chi connectivity index (χ0n) is 39.2. The van der Waals surface area contributed by atoms with E-state index in [0.29, 0.717) is 18.9 Å². The van der Waals surface area contributed by atoms with Crippen molar-refractivity contribution in [1.29, 1.82) is 0 Å². The van der Waals surface area contributed by atoms with Crippen LogP contribution < -0.4 is 44.2 Å². The molecule has 0 saturated carbocycles. The summed E-state index contributed by atoms with van der Waals surface area (Å²) >= 11 is 0. The van der Waals surface area contributed by atoms with E-state index in [1.807, 2.05) is 20.8 Å². The summed E-state index contributed by atoms with van der Waals surface area (Å²) in [4.78, 5) is 138. The molecule has 8 atom stereocenters. The minimum absolute atomic E-state index is 0.0510. The summed E-state index contributed by atoms with van der Waals surface area (Å²) < 4.78 is 28.3. The number of primary amides is 1. The number of benzene rings is 1. The van der Waals surface area contributed by atoms with Crippen LogP contribution in [-0.4, -0.2) is 148 Å². The molecule has 2 heterocycles. The van der Waals surface area contributed by atoms with Gasteiger partial charge < -0.3 is 59.3 Å². The summed E-state index contributed by atoms with van der Waals surface area (Å²) in [6.07, 6.45) is -4.54. The average molecular weight is 1030 g/mol. The predicted molar refractivity (Wildman–Crippen MR) is 254 cm³/mol. The summed E-state index contributed by atoms with van der Waals surface area (Å²) in [5.41, 5.74) is 22.0. The van der Waals surface area contributed by atoms with Crippen LogP contribution in [-0.2, 0) is 54.4 Å². The number of hydrogen-bond donors (Lipinski definition) is 10. The molecule has 2 aliphatic heterocycles. The smallest absolute Gasteiger partial charge is 0.304 e. The van der Waals surface area contributed by atoms with Gasteiger partial charge in [0.25, 0.3) is 0 Å². The number of ketones is 3. The van der Waals surface area contributed by atoms with Crippen LogP contribution in [0.5, 0.6) is 0 Å². The Hall–Kier alpha value is -5.73. The Bertz CT molecular complexity index is 2120. The quantitative estimate of drug-likeness (QED) is 0.0497. The van der Waals surface area contributed by atoms with Crippen LogP contribution in [0.2, 0.25) is 0 Å². The van der Waals surface area contributed by atoms with Gasteiger partial charge in [0.2, 0.25) is 35.4 Å². The van der Waals surface area contributed by atoms with Crippen molar-refractivity contribution in [2.75, 3.05) is 37.7 Å². The standard InChI is InChI=1S/C44H64F2N10O12S2/c1-44(2,3)35(5-4-6-51-43(49)50)55-41(67)25-12-34(60)31(16-36(48)61)54-42(68)32-15-29(58)19-56(32)37(62)18-53-39(65)23(7-22-8-26(45)14-27(46)9-22)10-28(57)17-52-40(66)24(13-38(63)64)11-33(59)30(47)21-70-69-20-25/h8-9,14,23-25,29-32,35,58H,4-7,10-13,15-21,47H2,1-3H3,(H2,48,61)(H,52,66)(H,53,65)(H,54,68)(H,55,67)(H,63,64)(H4,49,50,51)/t23-,24+,25+,29?,30+,31-,32?,35-/m0/s1. The second-order valence-corrected chi connectivity index (χ2v) is 21.0. The summed E-state index contributed by atoms with van der Waals surface area (Å²) in [6.45, 7) is 3.95. The third-order valence-corrected chi connectivity index (χ3v) is 14.0. The Kier molecular flexibility index (Phi) is 23.1. The number of Topliss-reactive ketones (excluding diaryl/α,β-unsaturated/α-hetero) is 3. The number of nitrogens with two attached hydrogens (primary N) is 4. The van der Waals surface area contributed by atoms with Gasteiger partial charge in [-0.3, -0.25) is 52.9 Å². The average Bonchev–Trinajstić information content (AvgIpc) is 3.65. The molecule has 0 aromatic heterocycles. The lowest BCUT2D eigenvalue weighted by Crippen LogP contribution is -2.54. The molecule has 3 rings (SSSR count). The van der Waals surface area contributed by atoms with Crippen LogP contribution in [0.15, 0.2) is 23.2 Å². The molecule has 2 aliphatic rings. The zero-order valence-corrected chi connectivity index (χ0v) is 40.8. The molecule has 22 nitrogen and oxygen atoms in total. The maximum Gasteiger partial charge on any atom is 0.304 e. The fourth-order valence-corrected chi connectivity index (χ4v) is 10.2. The molecule has 1 aromatic rings. The first-order valence-electron chi connectivity index (χ1n) is 22.4. The number of hydrogen-bond acceptors (Lipinski definition) is 15. The molecular weight excluding hydrogens is 963 g/mol. The van der Waals surface area contributed by atoms with Crippen molar-refractivity contribution in [3.8, 4) is 0 Å². The van der Waals surface area contributed by atoms with Gasteiger partial charge >= 0.3 is 5.97 Å². The van der Waals surface area contributed by atoms with E-state index in [0.717, 1.165) is 38.6 Å². The fraction of sp³-hybridized carbons (Fsp3) is 0.614. The van der Waals surface area contributed by atoms with Crippen LogP contribution in [0, 0.1) is 34.8 Å². The Labute approximate surface area is 411 Å². The van der Waals surface area contributed by atoms with E-state index in [2.05, 4.69) is 26.3 Å². The number of nitrogens with one attached hydrogen (secondary N) is 4. The maximum absolute atomic E-state index is 14.2. The minimum Gasteiger partial charge on any atom is -0.481 e. The highest BCUT2D eigenvalue weighted by molar-refractivity contribution is 8.76. The molecule has 2 fully saturated rings. The first-order valence-corrected chi connectivity index (χ1v) is 24.9. The number of aliphatic carboxylic acids is 1. The summed E-state index contributed by atoms with van der Waals surface area (Å²) in [6, 6.07) is -2.35. The fourth-order valence-electron chi connectivity index (χ4n) is 7.74. The second kappa shape index (κ2) is 27.6. The molecular formula is C44H64F2N10O12S2. The number of aliphatic hydroxyl groups is 1. The lowest BCUT2D eigenvalue weighted by molar-refractivity contribution is -0.142. The van der Waals surface area contributed by atoms with Crippen LogP contribution in [0.3, 0.4) is 0 Å². The van der Waals surface area contributed by atoms with E-state index >= 15 is 0 Å². The number of carboxylic acids is 1. The van der Waals surface area contributed by atoms with Gasteiger partial charge in [0.15, 0.2) is 23.3 Å². The molecule has 0 radical (unpaired) electrons. The molecule has 0 spiro atoms. The number of carboxylic acid groups (broad SMARTS) is 1. The maximum atomic E-state index is 14.2. The Balaban J connectivity index is 2.01. The molecule has 1 aromatic carbocycles. The number of carbonyl (C=O) groups excluding carboxylic acids is 9. The molecule has 388 valence electrons. The first kappa shape index (κ1) is 58.6. The summed E-state index contributed by atoms with van der Waals surface area (Å²) in [7, 11) is 2.09. The molecule has 26 heteroatoms. The number of carbonyl (C=O) groups is 10. The Morgan fingerprint density at radius 3 is 2.11 bits per heavy atom. The summed E-state index contributed by atoms with van der Waals surface area (Å²) in [5.74, 6) is -15.5. The van der Waals surface area contributed by atoms with E-state index in [-0.39, 0.29) is 36.0 Å². The van der Waals surface area contributed by atoms with Gasteiger partial charge in [-0.25, -0.2) is 8.78 Å². The van der Waals surface area contributed by atoms with Crippen LogP contribution in [0.4, 0.5) is 8.78 Å². The molecule has 14 N–H and O–H groups in total. The highest BCUT2D eigenvalue weighted by Crippen LogP contribution is 2.29. The number of nitrogens with zero attached hydrogens (tertiary/aromatic N) is 2. The van der Waals surface area contributed by atoms with Crippen LogP contribution in [0.25, 0.3) is 0 Å². The van der Waals surface area contributed by atoms with Gasteiger partial charge in [0.05, 0.1) is 56.0 Å². The topological polar surface area (TPSA) is 379 Å². The predicted octanol–water partition coefficient (Wildman–Crippen LogP) is -1.43. The van der Waals surface area contributed by atoms with Gasteiger partial charge in [0.1, 0.15) is 17.7 Å². The number of fused-ring (bicyclic) bond motifs is 1. The van der Waals surface area contributed by atoms with Crippen molar-refractivity contribution >= 4 is 86.3 Å². The van der Waals surface area contributed by atoms with Crippen molar-refractivity contribution in [1.82, 2.24) is 26.2 Å². The third-order valence-electron chi connectivity index (χ3n) is 11.5. The van der Waals surface area contributed by atoms with E-state index in [1.165, 1.54) is 0 Å². The lowest BCUT2D eigenvalue weighted by Gasteiger charge is -2.33. The molecule has 0 bridgehead atoms. The minimum atomic E-state index is -1.61. The molecule has 2 saturated heterocycles. The number of rotatable bonds is 12. The highest BCUT2D eigenvalue weighted by atomic mass is 33.1. The largest absolute Gasteiger partial charge is 0.481 e. The van der Waals surface area contributed by atoms with Crippen molar-refractivity contribution in [2.24, 2.45) is 51.1 Å². The van der Waals surface area contributed by atoms with Crippen LogP contribution >= 0.6 is 21.6 Å². The van der Waals surface area contributed by atoms with Crippen molar-refractivity contribution < 1.29 is 66.9 Å². The Morgan fingerprint density at radius 2 is 1.50 bits per heavy atom. The second-order valence-electron chi connectivity index (χ2n) is 18.4. The van der Waals surface area contributed by atoms with Gasteiger partial charge in [-0.2, -0.15) is 0 Å². The first-order chi connectivity index (χ1) is 32.7. The normalized spacial score (nSPS) is 24.9.